The molecule has 0 aromatic heterocycles. The molecule has 1 atom stereocenters. The number of ketones is 1. The Balaban J connectivity index is 2.61. The van der Waals surface area contributed by atoms with E-state index in [0.29, 0.717) is 10.6 Å². The third-order valence-corrected chi connectivity index (χ3v) is 3.28. The zero-order valence-corrected chi connectivity index (χ0v) is 9.60. The molecule has 3 heteroatoms. The van der Waals surface area contributed by atoms with E-state index in [1.54, 1.807) is 13.2 Å². The number of carbonyl (C=O) groups is 1. The first kappa shape index (κ1) is 10.5. The van der Waals surface area contributed by atoms with E-state index in [1.165, 1.54) is 0 Å². The summed E-state index contributed by atoms with van der Waals surface area (Å²) in [6.45, 7) is 1.95. The van der Waals surface area contributed by atoms with E-state index >= 15 is 0 Å². The summed E-state index contributed by atoms with van der Waals surface area (Å²) < 4.78 is 5.24. The third-order valence-electron chi connectivity index (χ3n) is 2.96. The summed E-state index contributed by atoms with van der Waals surface area (Å²) >= 11 is 6.05. The van der Waals surface area contributed by atoms with Gasteiger partial charge in [-0.15, -0.1) is 0 Å². The lowest BCUT2D eigenvalue weighted by Gasteiger charge is -2.23. The maximum atomic E-state index is 12.0. The molecule has 0 N–H and O–H groups in total. The van der Waals surface area contributed by atoms with Crippen molar-refractivity contribution in [2.45, 2.75) is 19.8 Å². The highest BCUT2D eigenvalue weighted by Crippen LogP contribution is 2.36. The highest BCUT2D eigenvalue weighted by Gasteiger charge is 2.28. The van der Waals surface area contributed by atoms with Gasteiger partial charge in [0.05, 0.1) is 12.1 Å². The molecule has 0 heterocycles. The van der Waals surface area contributed by atoms with Gasteiger partial charge in [-0.3, -0.25) is 4.79 Å². The van der Waals surface area contributed by atoms with Crippen molar-refractivity contribution in [3.8, 4) is 5.75 Å². The lowest BCUT2D eigenvalue weighted by atomic mass is 9.83. The van der Waals surface area contributed by atoms with E-state index in [1.807, 2.05) is 13.0 Å². The van der Waals surface area contributed by atoms with Crippen LogP contribution < -0.4 is 4.74 Å². The molecular weight excluding hydrogens is 212 g/mol. The second-order valence-corrected chi connectivity index (χ2v) is 4.31. The molecule has 1 aromatic carbocycles. The maximum absolute atomic E-state index is 12.0. The Bertz CT molecular complexity index is 412. The van der Waals surface area contributed by atoms with Crippen molar-refractivity contribution in [1.82, 2.24) is 0 Å². The van der Waals surface area contributed by atoms with Gasteiger partial charge in [0, 0.05) is 17.0 Å². The second-order valence-electron chi connectivity index (χ2n) is 3.91. The lowest BCUT2D eigenvalue weighted by Crippen LogP contribution is -2.21. The van der Waals surface area contributed by atoms with Crippen LogP contribution in [0, 0.1) is 5.92 Å². The Morgan fingerprint density at radius 1 is 1.47 bits per heavy atom. The molecule has 1 aliphatic carbocycles. The predicted molar refractivity (Wildman–Crippen MR) is 59.8 cm³/mol. The molecule has 0 amide bonds. The van der Waals surface area contributed by atoms with Gasteiger partial charge < -0.3 is 4.74 Å². The van der Waals surface area contributed by atoms with Gasteiger partial charge in [-0.1, -0.05) is 18.5 Å². The third kappa shape index (κ3) is 1.63. The van der Waals surface area contributed by atoms with Gasteiger partial charge in [0.1, 0.15) is 5.75 Å². The van der Waals surface area contributed by atoms with Crippen LogP contribution in [0.5, 0.6) is 5.75 Å². The second kappa shape index (κ2) is 3.86. The molecule has 0 spiro atoms. The Morgan fingerprint density at radius 2 is 2.20 bits per heavy atom. The Morgan fingerprint density at radius 3 is 2.87 bits per heavy atom. The van der Waals surface area contributed by atoms with Gasteiger partial charge in [-0.2, -0.15) is 0 Å². The standard InChI is InChI=1S/C12H13ClO2/c1-7-3-4-8-10(15-2)6-5-9(13)11(8)12(7)14/h5-7H,3-4H2,1-2H3. The number of halogens is 1. The molecule has 0 fully saturated rings. The van der Waals surface area contributed by atoms with Crippen molar-refractivity contribution in [1.29, 1.82) is 0 Å². The molecule has 1 aliphatic rings. The normalized spacial score (nSPS) is 19.9. The van der Waals surface area contributed by atoms with E-state index in [4.69, 9.17) is 16.3 Å². The number of hydrogen-bond donors (Lipinski definition) is 0. The van der Waals surface area contributed by atoms with Crippen molar-refractivity contribution < 1.29 is 9.53 Å². The number of carbonyl (C=O) groups excluding carboxylic acids is 1. The average Bonchev–Trinajstić information content (AvgIpc) is 2.24. The molecule has 2 rings (SSSR count). The van der Waals surface area contributed by atoms with Crippen molar-refractivity contribution >= 4 is 17.4 Å². The SMILES string of the molecule is COc1ccc(Cl)c2c1CCC(C)C2=O. The number of fused-ring (bicyclic) bond motifs is 1. The number of ether oxygens (including phenoxy) is 1. The van der Waals surface area contributed by atoms with Gasteiger partial charge in [0.15, 0.2) is 5.78 Å². The number of Topliss-reactive ketones (excluding diaryl/α,β-unsaturated/α-hetero) is 1. The number of hydrogen-bond acceptors (Lipinski definition) is 2. The summed E-state index contributed by atoms with van der Waals surface area (Å²) in [4.78, 5) is 12.0. The summed E-state index contributed by atoms with van der Waals surface area (Å²) in [5.41, 5.74) is 1.63. The average molecular weight is 225 g/mol. The fraction of sp³-hybridized carbons (Fsp3) is 0.417. The van der Waals surface area contributed by atoms with Gasteiger partial charge in [0.2, 0.25) is 0 Å². The highest BCUT2D eigenvalue weighted by atomic mass is 35.5. The zero-order chi connectivity index (χ0) is 11.0. The summed E-state index contributed by atoms with van der Waals surface area (Å²) in [6.07, 6.45) is 1.74. The van der Waals surface area contributed by atoms with E-state index in [-0.39, 0.29) is 11.7 Å². The largest absolute Gasteiger partial charge is 0.496 e. The van der Waals surface area contributed by atoms with Crippen LogP contribution in [-0.2, 0) is 6.42 Å². The van der Waals surface area contributed by atoms with Crippen LogP contribution in [0.1, 0.15) is 29.3 Å². The Hall–Kier alpha value is -1.02. The minimum Gasteiger partial charge on any atom is -0.496 e. The summed E-state index contributed by atoms with van der Waals surface area (Å²) in [5, 5.41) is 0.544. The van der Waals surface area contributed by atoms with Crippen LogP contribution in [0.3, 0.4) is 0 Å². The highest BCUT2D eigenvalue weighted by molar-refractivity contribution is 6.34. The zero-order valence-electron chi connectivity index (χ0n) is 8.84. The van der Waals surface area contributed by atoms with E-state index in [9.17, 15) is 4.79 Å². The molecule has 0 radical (unpaired) electrons. The van der Waals surface area contributed by atoms with Gasteiger partial charge >= 0.3 is 0 Å². The van der Waals surface area contributed by atoms with Crippen LogP contribution in [0.25, 0.3) is 0 Å². The summed E-state index contributed by atoms with van der Waals surface area (Å²) in [5.74, 6) is 0.983. The fourth-order valence-electron chi connectivity index (χ4n) is 2.04. The van der Waals surface area contributed by atoms with Crippen molar-refractivity contribution in [3.05, 3.63) is 28.3 Å². The minimum absolute atomic E-state index is 0.0714. The van der Waals surface area contributed by atoms with Crippen LogP contribution in [0.15, 0.2) is 12.1 Å². The van der Waals surface area contributed by atoms with Crippen molar-refractivity contribution in [3.63, 3.8) is 0 Å². The van der Waals surface area contributed by atoms with E-state index < -0.39 is 0 Å². The smallest absolute Gasteiger partial charge is 0.167 e. The van der Waals surface area contributed by atoms with Crippen molar-refractivity contribution in [2.75, 3.05) is 7.11 Å². The predicted octanol–water partition coefficient (Wildman–Crippen LogP) is 3.11. The minimum atomic E-state index is 0.0714. The van der Waals surface area contributed by atoms with E-state index in [2.05, 4.69) is 0 Å². The molecule has 0 aliphatic heterocycles. The summed E-state index contributed by atoms with van der Waals surface area (Å²) in [6, 6.07) is 3.56. The number of methoxy groups -OCH3 is 1. The van der Waals surface area contributed by atoms with Gasteiger partial charge in [0.25, 0.3) is 0 Å². The van der Waals surface area contributed by atoms with Crippen LogP contribution in [0.4, 0.5) is 0 Å². The molecular formula is C12H13ClO2. The summed E-state index contributed by atoms with van der Waals surface area (Å²) in [7, 11) is 1.62. The Labute approximate surface area is 94.2 Å². The monoisotopic (exact) mass is 224 g/mol. The van der Waals surface area contributed by atoms with Crippen molar-refractivity contribution in [2.24, 2.45) is 5.92 Å². The van der Waals surface area contributed by atoms with Gasteiger partial charge in [-0.05, 0) is 25.0 Å². The first-order chi connectivity index (χ1) is 7.15. The number of rotatable bonds is 1. The molecule has 15 heavy (non-hydrogen) atoms. The first-order valence-corrected chi connectivity index (χ1v) is 5.42. The molecule has 0 bridgehead atoms. The van der Waals surface area contributed by atoms with Gasteiger partial charge in [-0.25, -0.2) is 0 Å². The molecule has 1 unspecified atom stereocenters. The quantitative estimate of drug-likeness (QED) is 0.733. The van der Waals surface area contributed by atoms with Crippen LogP contribution >= 0.6 is 11.6 Å². The van der Waals surface area contributed by atoms with E-state index in [0.717, 1.165) is 24.2 Å². The molecule has 0 saturated heterocycles. The van der Waals surface area contributed by atoms with Crippen LogP contribution in [0.2, 0.25) is 5.02 Å². The Kier molecular flexibility index (Phi) is 2.70. The molecule has 80 valence electrons. The lowest BCUT2D eigenvalue weighted by molar-refractivity contribution is 0.0913. The number of benzene rings is 1. The molecule has 0 saturated carbocycles. The maximum Gasteiger partial charge on any atom is 0.167 e. The first-order valence-electron chi connectivity index (χ1n) is 5.04. The topological polar surface area (TPSA) is 26.3 Å². The molecule has 1 aromatic rings. The molecule has 2 nitrogen and oxygen atoms in total. The fourth-order valence-corrected chi connectivity index (χ4v) is 2.31. The van der Waals surface area contributed by atoms with Crippen LogP contribution in [-0.4, -0.2) is 12.9 Å².